The van der Waals surface area contributed by atoms with Gasteiger partial charge >= 0.3 is 0 Å². The topological polar surface area (TPSA) is 52.3 Å². The van der Waals surface area contributed by atoms with Crippen molar-refractivity contribution < 1.29 is 9.13 Å². The maximum Gasteiger partial charge on any atom is 0.235 e. The fourth-order valence-corrected chi connectivity index (χ4v) is 3.17. The van der Waals surface area contributed by atoms with Crippen LogP contribution in [0, 0.1) is 5.82 Å². The third-order valence-electron chi connectivity index (χ3n) is 3.42. The number of benzene rings is 2. The Labute approximate surface area is 135 Å². The molecule has 0 aliphatic heterocycles. The SMILES string of the molecule is COc1cccc(-c2nnc3sc(-c4ccccc4F)nn23)c1. The number of rotatable bonds is 3. The van der Waals surface area contributed by atoms with Gasteiger partial charge in [-0.25, -0.2) is 4.39 Å². The van der Waals surface area contributed by atoms with Gasteiger partial charge in [-0.3, -0.25) is 0 Å². The normalized spacial score (nSPS) is 11.0. The first-order valence-corrected chi connectivity index (χ1v) is 7.69. The molecule has 0 bridgehead atoms. The third-order valence-corrected chi connectivity index (χ3v) is 4.36. The Morgan fingerprint density at radius 3 is 2.78 bits per heavy atom. The summed E-state index contributed by atoms with van der Waals surface area (Å²) < 4.78 is 20.8. The van der Waals surface area contributed by atoms with Crippen molar-refractivity contribution in [1.29, 1.82) is 0 Å². The molecule has 2 aromatic carbocycles. The lowest BCUT2D eigenvalue weighted by atomic mass is 10.2. The van der Waals surface area contributed by atoms with Crippen molar-refractivity contribution in [2.24, 2.45) is 0 Å². The summed E-state index contributed by atoms with van der Waals surface area (Å²) in [4.78, 5) is 0.612. The largest absolute Gasteiger partial charge is 0.497 e. The summed E-state index contributed by atoms with van der Waals surface area (Å²) in [5, 5.41) is 13.3. The highest BCUT2D eigenvalue weighted by molar-refractivity contribution is 7.19. The van der Waals surface area contributed by atoms with E-state index in [4.69, 9.17) is 4.74 Å². The predicted octanol–water partition coefficient (Wildman–Crippen LogP) is 3.67. The van der Waals surface area contributed by atoms with Crippen molar-refractivity contribution >= 4 is 16.3 Å². The van der Waals surface area contributed by atoms with Crippen LogP contribution in [0.15, 0.2) is 48.5 Å². The van der Waals surface area contributed by atoms with E-state index in [1.165, 1.54) is 17.4 Å². The van der Waals surface area contributed by atoms with Crippen LogP contribution in [0.25, 0.3) is 26.9 Å². The molecule has 0 aliphatic rings. The van der Waals surface area contributed by atoms with Crippen LogP contribution in [0.3, 0.4) is 0 Å². The Balaban J connectivity index is 1.85. The number of methoxy groups -OCH3 is 1. The minimum absolute atomic E-state index is 0.305. The monoisotopic (exact) mass is 326 g/mol. The van der Waals surface area contributed by atoms with Crippen molar-refractivity contribution in [3.8, 4) is 27.7 Å². The van der Waals surface area contributed by atoms with Gasteiger partial charge in [0.15, 0.2) is 10.8 Å². The highest BCUT2D eigenvalue weighted by Crippen LogP contribution is 2.30. The molecule has 0 radical (unpaired) electrons. The van der Waals surface area contributed by atoms with Crippen LogP contribution in [0.1, 0.15) is 0 Å². The molecule has 2 heterocycles. The van der Waals surface area contributed by atoms with E-state index in [0.29, 0.717) is 21.4 Å². The van der Waals surface area contributed by atoms with E-state index in [2.05, 4.69) is 15.3 Å². The molecular weight excluding hydrogens is 315 g/mol. The molecule has 0 fully saturated rings. The first-order chi connectivity index (χ1) is 11.3. The molecule has 2 aromatic heterocycles. The van der Waals surface area contributed by atoms with Gasteiger partial charge in [0.2, 0.25) is 4.96 Å². The first-order valence-electron chi connectivity index (χ1n) is 6.88. The molecule has 0 unspecified atom stereocenters. The zero-order valence-corrected chi connectivity index (χ0v) is 12.9. The molecule has 5 nitrogen and oxygen atoms in total. The minimum Gasteiger partial charge on any atom is -0.497 e. The van der Waals surface area contributed by atoms with Gasteiger partial charge in [-0.2, -0.15) is 9.61 Å². The average molecular weight is 326 g/mol. The van der Waals surface area contributed by atoms with Crippen molar-refractivity contribution in [1.82, 2.24) is 19.8 Å². The third kappa shape index (κ3) is 2.35. The van der Waals surface area contributed by atoms with E-state index in [-0.39, 0.29) is 5.82 Å². The van der Waals surface area contributed by atoms with Gasteiger partial charge in [0.25, 0.3) is 0 Å². The van der Waals surface area contributed by atoms with Crippen molar-refractivity contribution in [2.45, 2.75) is 0 Å². The number of aromatic nitrogens is 4. The van der Waals surface area contributed by atoms with Crippen LogP contribution < -0.4 is 4.74 Å². The molecule has 7 heteroatoms. The van der Waals surface area contributed by atoms with Gasteiger partial charge in [-0.05, 0) is 24.3 Å². The number of halogens is 1. The lowest BCUT2D eigenvalue weighted by molar-refractivity contribution is 0.415. The average Bonchev–Trinajstić information content (AvgIpc) is 3.15. The molecule has 0 saturated heterocycles. The standard InChI is InChI=1S/C16H11FN4OS/c1-22-11-6-4-5-10(9-11)14-18-19-16-21(14)20-15(23-16)12-7-2-3-8-13(12)17/h2-9H,1H3. The Morgan fingerprint density at radius 2 is 1.96 bits per heavy atom. The Hall–Kier alpha value is -2.80. The molecular formula is C16H11FN4OS. The molecule has 114 valence electrons. The smallest absolute Gasteiger partial charge is 0.235 e. The maximum absolute atomic E-state index is 13.9. The molecule has 0 amide bonds. The molecule has 0 saturated carbocycles. The second-order valence-corrected chi connectivity index (χ2v) is 5.79. The van der Waals surface area contributed by atoms with Crippen LogP contribution >= 0.6 is 11.3 Å². The summed E-state index contributed by atoms with van der Waals surface area (Å²) in [5.74, 6) is 1.02. The Kier molecular flexibility index (Phi) is 3.27. The van der Waals surface area contributed by atoms with Crippen LogP contribution in [-0.2, 0) is 0 Å². The summed E-state index contributed by atoms with van der Waals surface area (Å²) in [6.07, 6.45) is 0. The van der Waals surface area contributed by atoms with E-state index < -0.39 is 0 Å². The fourth-order valence-electron chi connectivity index (χ4n) is 2.30. The van der Waals surface area contributed by atoms with E-state index in [9.17, 15) is 4.39 Å². The maximum atomic E-state index is 13.9. The summed E-state index contributed by atoms with van der Waals surface area (Å²) >= 11 is 1.30. The number of fused-ring (bicyclic) bond motifs is 1. The van der Waals surface area contributed by atoms with Crippen LogP contribution in [0.2, 0.25) is 0 Å². The number of hydrogen-bond donors (Lipinski definition) is 0. The quantitative estimate of drug-likeness (QED) is 0.576. The first kappa shape index (κ1) is 13.8. The lowest BCUT2D eigenvalue weighted by Gasteiger charge is -2.01. The van der Waals surface area contributed by atoms with E-state index in [1.807, 2.05) is 24.3 Å². The predicted molar refractivity (Wildman–Crippen MR) is 86.0 cm³/mol. The Bertz CT molecular complexity index is 995. The molecule has 4 aromatic rings. The van der Waals surface area contributed by atoms with Crippen LogP contribution in [-0.4, -0.2) is 26.9 Å². The summed E-state index contributed by atoms with van der Waals surface area (Å²) in [7, 11) is 1.61. The fraction of sp³-hybridized carbons (Fsp3) is 0.0625. The van der Waals surface area contributed by atoms with Crippen molar-refractivity contribution in [3.05, 3.63) is 54.3 Å². The van der Waals surface area contributed by atoms with Gasteiger partial charge < -0.3 is 4.74 Å². The van der Waals surface area contributed by atoms with Crippen LogP contribution in [0.4, 0.5) is 4.39 Å². The van der Waals surface area contributed by atoms with Crippen LogP contribution in [0.5, 0.6) is 5.75 Å². The van der Waals surface area contributed by atoms with Gasteiger partial charge in [-0.15, -0.1) is 10.2 Å². The number of ether oxygens (including phenoxy) is 1. The van der Waals surface area contributed by atoms with Gasteiger partial charge in [0.05, 0.1) is 7.11 Å². The zero-order chi connectivity index (χ0) is 15.8. The molecule has 0 N–H and O–H groups in total. The molecule has 4 rings (SSSR count). The summed E-state index contributed by atoms with van der Waals surface area (Å²) in [6, 6.07) is 14.0. The van der Waals surface area contributed by atoms with Gasteiger partial charge in [-0.1, -0.05) is 35.6 Å². The molecule has 0 spiro atoms. The second kappa shape index (κ2) is 5.44. The minimum atomic E-state index is -0.305. The molecule has 23 heavy (non-hydrogen) atoms. The number of nitrogens with zero attached hydrogens (tertiary/aromatic N) is 4. The van der Waals surface area contributed by atoms with E-state index in [0.717, 1.165) is 11.3 Å². The molecule has 0 aliphatic carbocycles. The second-order valence-electron chi connectivity index (χ2n) is 4.84. The number of hydrogen-bond acceptors (Lipinski definition) is 5. The Morgan fingerprint density at radius 1 is 1.09 bits per heavy atom. The summed E-state index contributed by atoms with van der Waals surface area (Å²) in [5.41, 5.74) is 1.29. The van der Waals surface area contributed by atoms with E-state index in [1.54, 1.807) is 29.8 Å². The van der Waals surface area contributed by atoms with E-state index >= 15 is 0 Å². The van der Waals surface area contributed by atoms with Crippen molar-refractivity contribution in [3.63, 3.8) is 0 Å². The zero-order valence-electron chi connectivity index (χ0n) is 12.1. The summed E-state index contributed by atoms with van der Waals surface area (Å²) in [6.45, 7) is 0. The molecule has 0 atom stereocenters. The van der Waals surface area contributed by atoms with Crippen molar-refractivity contribution in [2.75, 3.05) is 7.11 Å². The highest BCUT2D eigenvalue weighted by atomic mass is 32.1. The highest BCUT2D eigenvalue weighted by Gasteiger charge is 2.16. The van der Waals surface area contributed by atoms with Gasteiger partial charge in [0, 0.05) is 11.1 Å². The lowest BCUT2D eigenvalue weighted by Crippen LogP contribution is -1.92. The van der Waals surface area contributed by atoms with Gasteiger partial charge in [0.1, 0.15) is 11.6 Å².